The van der Waals surface area contributed by atoms with Crippen LogP contribution in [0.1, 0.15) is 0 Å². The SMILES string of the molecule is C=CCOCC=C.OCC(O)CO.OCC(O)CO.OCC(O)CO. The molecule has 0 aliphatic heterocycles. The largest absolute Gasteiger partial charge is 0.394 e. The first-order valence-electron chi connectivity index (χ1n) is 7.33. The molecule has 0 unspecified atom stereocenters. The van der Waals surface area contributed by atoms with Gasteiger partial charge in [0.2, 0.25) is 0 Å². The summed E-state index contributed by atoms with van der Waals surface area (Å²) in [6.45, 7) is 5.99. The molecular weight excluding hydrogens is 340 g/mol. The summed E-state index contributed by atoms with van der Waals surface area (Å²) in [6, 6.07) is 0. The van der Waals surface area contributed by atoms with Crippen molar-refractivity contribution >= 4 is 0 Å². The van der Waals surface area contributed by atoms with Gasteiger partial charge in [-0.3, -0.25) is 0 Å². The molecule has 0 heterocycles. The molecule has 0 amide bonds. The highest BCUT2D eigenvalue weighted by Crippen LogP contribution is 1.73. The van der Waals surface area contributed by atoms with Gasteiger partial charge in [0.15, 0.2) is 0 Å². The van der Waals surface area contributed by atoms with Crippen LogP contribution >= 0.6 is 0 Å². The van der Waals surface area contributed by atoms with Gasteiger partial charge in [0.05, 0.1) is 52.9 Å². The Labute approximate surface area is 148 Å². The minimum absolute atomic E-state index is 0.365. The Bertz CT molecular complexity index is 197. The van der Waals surface area contributed by atoms with Crippen LogP contribution in [-0.2, 0) is 4.74 Å². The molecule has 0 aromatic heterocycles. The van der Waals surface area contributed by atoms with Crippen LogP contribution in [0.5, 0.6) is 0 Å². The first-order valence-corrected chi connectivity index (χ1v) is 7.33. The highest BCUT2D eigenvalue weighted by molar-refractivity contribution is 4.68. The molecule has 0 fully saturated rings. The molecule has 9 N–H and O–H groups in total. The Morgan fingerprint density at radius 3 is 0.840 bits per heavy atom. The van der Waals surface area contributed by atoms with E-state index in [0.717, 1.165) is 0 Å². The molecule has 0 rings (SSSR count). The summed E-state index contributed by atoms with van der Waals surface area (Å²) in [6.07, 6.45) is 0.562. The molecule has 0 atom stereocenters. The Hall–Kier alpha value is -0.920. The molecule has 154 valence electrons. The van der Waals surface area contributed by atoms with E-state index in [1.165, 1.54) is 0 Å². The standard InChI is InChI=1S/C6H10O.3C3H8O3/c1-3-5-7-6-4-2;3*4-1-3(6)2-5/h3-4H,1-2,5-6H2;3*3-6H,1-2H2. The Kier molecular flexibility index (Phi) is 39.3. The lowest BCUT2D eigenvalue weighted by Crippen LogP contribution is -2.15. The molecule has 0 saturated heterocycles. The van der Waals surface area contributed by atoms with Crippen molar-refractivity contribution in [2.24, 2.45) is 0 Å². The van der Waals surface area contributed by atoms with Gasteiger partial charge >= 0.3 is 0 Å². The van der Waals surface area contributed by atoms with Crippen molar-refractivity contribution in [1.82, 2.24) is 0 Å². The van der Waals surface area contributed by atoms with Crippen molar-refractivity contribution in [3.05, 3.63) is 25.3 Å². The molecule has 0 spiro atoms. The molecule has 0 aliphatic carbocycles. The van der Waals surface area contributed by atoms with Crippen LogP contribution in [0, 0.1) is 0 Å². The van der Waals surface area contributed by atoms with Gasteiger partial charge in [-0.1, -0.05) is 12.2 Å². The Morgan fingerprint density at radius 2 is 0.760 bits per heavy atom. The Balaban J connectivity index is -0.000000118. The van der Waals surface area contributed by atoms with Gasteiger partial charge in [0.25, 0.3) is 0 Å². The lowest BCUT2D eigenvalue weighted by molar-refractivity contribution is 0.0450. The highest BCUT2D eigenvalue weighted by atomic mass is 16.5. The lowest BCUT2D eigenvalue weighted by Gasteiger charge is -1.96. The van der Waals surface area contributed by atoms with Crippen LogP contribution in [0.15, 0.2) is 25.3 Å². The number of rotatable bonds is 10. The quantitative estimate of drug-likeness (QED) is 0.136. The van der Waals surface area contributed by atoms with E-state index in [2.05, 4.69) is 13.2 Å². The average molecular weight is 374 g/mol. The minimum atomic E-state index is -0.954. The zero-order valence-corrected chi connectivity index (χ0v) is 14.4. The van der Waals surface area contributed by atoms with Crippen LogP contribution in [0.4, 0.5) is 0 Å². The molecule has 0 aromatic carbocycles. The van der Waals surface area contributed by atoms with E-state index in [0.29, 0.717) is 13.2 Å². The number of aliphatic hydroxyl groups excluding tert-OH is 9. The predicted octanol–water partition coefficient (Wildman–Crippen LogP) is -3.63. The highest BCUT2D eigenvalue weighted by Gasteiger charge is 1.94. The molecule has 0 radical (unpaired) electrons. The van der Waals surface area contributed by atoms with E-state index in [9.17, 15) is 0 Å². The fourth-order valence-electron chi connectivity index (χ4n) is 0.408. The van der Waals surface area contributed by atoms with Crippen LogP contribution in [-0.4, -0.2) is 117 Å². The van der Waals surface area contributed by atoms with Gasteiger partial charge in [-0.2, -0.15) is 0 Å². The van der Waals surface area contributed by atoms with E-state index in [4.69, 9.17) is 50.7 Å². The van der Waals surface area contributed by atoms with Crippen molar-refractivity contribution in [2.45, 2.75) is 18.3 Å². The van der Waals surface area contributed by atoms with Crippen molar-refractivity contribution in [1.29, 1.82) is 0 Å². The third kappa shape index (κ3) is 45.1. The van der Waals surface area contributed by atoms with E-state index >= 15 is 0 Å². The smallest absolute Gasteiger partial charge is 0.100 e. The maximum atomic E-state index is 8.17. The van der Waals surface area contributed by atoms with Crippen LogP contribution < -0.4 is 0 Å². The summed E-state index contributed by atoms with van der Waals surface area (Å²) in [5.41, 5.74) is 0. The number of hydrogen-bond acceptors (Lipinski definition) is 10. The fourth-order valence-corrected chi connectivity index (χ4v) is 0.408. The van der Waals surface area contributed by atoms with Crippen molar-refractivity contribution in [2.75, 3.05) is 52.9 Å². The zero-order chi connectivity index (χ0) is 20.5. The summed E-state index contributed by atoms with van der Waals surface area (Å²) >= 11 is 0. The van der Waals surface area contributed by atoms with E-state index < -0.39 is 18.3 Å². The summed E-state index contributed by atoms with van der Waals surface area (Å²) in [5, 5.41) is 72.0. The van der Waals surface area contributed by atoms with E-state index in [1.54, 1.807) is 12.2 Å². The Morgan fingerprint density at radius 1 is 0.560 bits per heavy atom. The number of aliphatic hydroxyl groups is 9. The second-order valence-electron chi connectivity index (χ2n) is 4.17. The zero-order valence-electron chi connectivity index (χ0n) is 14.4. The van der Waals surface area contributed by atoms with Gasteiger partial charge < -0.3 is 50.7 Å². The average Bonchev–Trinajstić information content (AvgIpc) is 2.67. The summed E-state index contributed by atoms with van der Waals surface area (Å²) in [5.74, 6) is 0. The van der Waals surface area contributed by atoms with Crippen LogP contribution in [0.25, 0.3) is 0 Å². The predicted molar refractivity (Wildman–Crippen MR) is 91.7 cm³/mol. The molecule has 0 aliphatic rings. The summed E-state index contributed by atoms with van der Waals surface area (Å²) in [7, 11) is 0. The van der Waals surface area contributed by atoms with E-state index in [1.807, 2.05) is 0 Å². The fraction of sp³-hybridized carbons (Fsp3) is 0.733. The van der Waals surface area contributed by atoms with Crippen LogP contribution in [0.3, 0.4) is 0 Å². The topological polar surface area (TPSA) is 191 Å². The second kappa shape index (κ2) is 30.9. The van der Waals surface area contributed by atoms with Crippen molar-refractivity contribution in [3.63, 3.8) is 0 Å². The van der Waals surface area contributed by atoms with Gasteiger partial charge in [0.1, 0.15) is 18.3 Å². The number of ether oxygens (including phenoxy) is 1. The normalized spacial score (nSPS) is 9.44. The van der Waals surface area contributed by atoms with Gasteiger partial charge in [0, 0.05) is 0 Å². The summed E-state index contributed by atoms with van der Waals surface area (Å²) in [4.78, 5) is 0. The minimum Gasteiger partial charge on any atom is -0.394 e. The molecule has 0 aromatic rings. The molecule has 10 nitrogen and oxygen atoms in total. The molecule has 0 bridgehead atoms. The molecule has 10 heteroatoms. The van der Waals surface area contributed by atoms with Gasteiger partial charge in [-0.15, -0.1) is 13.2 Å². The maximum Gasteiger partial charge on any atom is 0.100 e. The molecule has 25 heavy (non-hydrogen) atoms. The third-order valence-electron chi connectivity index (χ3n) is 1.74. The monoisotopic (exact) mass is 374 g/mol. The van der Waals surface area contributed by atoms with Crippen LogP contribution in [0.2, 0.25) is 0 Å². The van der Waals surface area contributed by atoms with Gasteiger partial charge in [-0.05, 0) is 0 Å². The maximum absolute atomic E-state index is 8.17. The molecule has 0 saturated carbocycles. The van der Waals surface area contributed by atoms with Crippen molar-refractivity contribution in [3.8, 4) is 0 Å². The first kappa shape index (κ1) is 31.8. The second-order valence-corrected chi connectivity index (χ2v) is 4.17. The van der Waals surface area contributed by atoms with Crippen molar-refractivity contribution < 1.29 is 50.7 Å². The summed E-state index contributed by atoms with van der Waals surface area (Å²) < 4.78 is 4.90. The number of hydrogen-bond donors (Lipinski definition) is 9. The first-order chi connectivity index (χ1) is 11.8. The molecular formula is C15H34O10. The van der Waals surface area contributed by atoms with Gasteiger partial charge in [-0.25, -0.2) is 0 Å². The third-order valence-corrected chi connectivity index (χ3v) is 1.74. The lowest BCUT2D eigenvalue weighted by atomic mass is 10.4. The van der Waals surface area contributed by atoms with E-state index in [-0.39, 0.29) is 39.6 Å².